The van der Waals surface area contributed by atoms with Crippen LogP contribution in [0, 0.1) is 5.82 Å². The van der Waals surface area contributed by atoms with Crippen LogP contribution in [-0.2, 0) is 4.74 Å². The highest BCUT2D eigenvalue weighted by Crippen LogP contribution is 2.24. The van der Waals surface area contributed by atoms with Crippen LogP contribution in [0.25, 0.3) is 0 Å². The number of anilines is 1. The quantitative estimate of drug-likeness (QED) is 0.547. The van der Waals surface area contributed by atoms with E-state index < -0.39 is 0 Å². The van der Waals surface area contributed by atoms with Gasteiger partial charge in [-0.05, 0) is 58.5 Å². The van der Waals surface area contributed by atoms with Gasteiger partial charge >= 0.3 is 0 Å². The van der Waals surface area contributed by atoms with E-state index >= 15 is 0 Å². The second-order valence-electron chi connectivity index (χ2n) is 5.60. The first-order valence-electron chi connectivity index (χ1n) is 7.89. The number of ether oxygens (including phenoxy) is 2. The summed E-state index contributed by atoms with van der Waals surface area (Å²) in [6.45, 7) is 2.10. The first kappa shape index (κ1) is 19.3. The Morgan fingerprint density at radius 2 is 2.35 bits per heavy atom. The summed E-state index contributed by atoms with van der Waals surface area (Å²) in [5.74, 6) is 0.205. The Hall–Kier alpha value is -1.48. The van der Waals surface area contributed by atoms with Crippen molar-refractivity contribution in [2.45, 2.75) is 6.10 Å². The third-order valence-corrected chi connectivity index (χ3v) is 5.05. The molecule has 0 bridgehead atoms. The van der Waals surface area contributed by atoms with Crippen molar-refractivity contribution in [1.29, 1.82) is 0 Å². The Labute approximate surface area is 169 Å². The number of nitrogens with zero attached hydrogens (tertiary/aromatic N) is 2. The number of aromatic nitrogens is 1. The second-order valence-corrected chi connectivity index (χ2v) is 7.20. The van der Waals surface area contributed by atoms with Crippen molar-refractivity contribution in [3.05, 3.63) is 52.0 Å². The molecule has 138 valence electrons. The molecule has 0 saturated carbocycles. The van der Waals surface area contributed by atoms with Crippen molar-refractivity contribution in [3.8, 4) is 5.75 Å². The molecule has 1 atom stereocenters. The number of thiocarbonyl (C=S) groups is 1. The molecule has 0 radical (unpaired) electrons. The van der Waals surface area contributed by atoms with Crippen LogP contribution in [0.1, 0.15) is 0 Å². The monoisotopic (exact) mass is 459 g/mol. The number of hydrogen-bond acceptors (Lipinski definition) is 4. The zero-order valence-electron chi connectivity index (χ0n) is 13.6. The molecular weight excluding hydrogens is 445 g/mol. The van der Waals surface area contributed by atoms with Crippen molar-refractivity contribution in [1.82, 2.24) is 9.88 Å². The fraction of sp³-hybridized carbons (Fsp3) is 0.294. The molecule has 1 aromatic carbocycles. The summed E-state index contributed by atoms with van der Waals surface area (Å²) in [4.78, 5) is 5.97. The van der Waals surface area contributed by atoms with Gasteiger partial charge in [-0.3, -0.25) is 0 Å². The number of halogens is 3. The number of rotatable bonds is 4. The molecule has 0 spiro atoms. The van der Waals surface area contributed by atoms with Gasteiger partial charge in [0.1, 0.15) is 18.5 Å². The number of morpholine rings is 1. The summed E-state index contributed by atoms with van der Waals surface area (Å²) in [5, 5.41) is 3.99. The van der Waals surface area contributed by atoms with Crippen LogP contribution >= 0.6 is 39.7 Å². The first-order valence-corrected chi connectivity index (χ1v) is 9.47. The van der Waals surface area contributed by atoms with E-state index in [9.17, 15) is 4.39 Å². The van der Waals surface area contributed by atoms with Crippen LogP contribution in [0.5, 0.6) is 5.75 Å². The van der Waals surface area contributed by atoms with Crippen LogP contribution in [0.2, 0.25) is 5.15 Å². The highest BCUT2D eigenvalue weighted by molar-refractivity contribution is 9.10. The summed E-state index contributed by atoms with van der Waals surface area (Å²) in [6.07, 6.45) is 1.45. The molecule has 26 heavy (non-hydrogen) atoms. The SMILES string of the molecule is Fc1ccc(NC(=S)N2CCOC(COc3cccnc3Cl)C2)c(Br)c1. The maximum Gasteiger partial charge on any atom is 0.173 e. The minimum Gasteiger partial charge on any atom is -0.488 e. The smallest absolute Gasteiger partial charge is 0.173 e. The number of hydrogen-bond donors (Lipinski definition) is 1. The summed E-state index contributed by atoms with van der Waals surface area (Å²) < 4.78 is 25.2. The van der Waals surface area contributed by atoms with Gasteiger partial charge in [0.15, 0.2) is 16.0 Å². The molecule has 3 rings (SSSR count). The second kappa shape index (κ2) is 8.94. The van der Waals surface area contributed by atoms with E-state index in [2.05, 4.69) is 26.2 Å². The molecule has 0 aliphatic carbocycles. The molecule has 2 heterocycles. The van der Waals surface area contributed by atoms with Crippen molar-refractivity contribution in [2.24, 2.45) is 0 Å². The third-order valence-electron chi connectivity index (χ3n) is 3.75. The summed E-state index contributed by atoms with van der Waals surface area (Å²) in [5.41, 5.74) is 0.706. The third kappa shape index (κ3) is 5.03. The van der Waals surface area contributed by atoms with Crippen LogP contribution in [0.15, 0.2) is 41.0 Å². The van der Waals surface area contributed by atoms with E-state index in [-0.39, 0.29) is 11.9 Å². The van der Waals surface area contributed by atoms with Gasteiger partial charge in [-0.15, -0.1) is 0 Å². The Bertz CT molecular complexity index is 798. The molecule has 5 nitrogen and oxygen atoms in total. The maximum absolute atomic E-state index is 13.2. The Morgan fingerprint density at radius 1 is 1.50 bits per heavy atom. The normalized spacial score (nSPS) is 17.0. The van der Waals surface area contributed by atoms with Gasteiger partial charge < -0.3 is 19.7 Å². The van der Waals surface area contributed by atoms with Crippen molar-refractivity contribution in [3.63, 3.8) is 0 Å². The largest absolute Gasteiger partial charge is 0.488 e. The van der Waals surface area contributed by atoms with Gasteiger partial charge in [0.2, 0.25) is 0 Å². The number of benzene rings is 1. The molecule has 1 unspecified atom stereocenters. The van der Waals surface area contributed by atoms with E-state index in [1.165, 1.54) is 12.1 Å². The summed E-state index contributed by atoms with van der Waals surface area (Å²) in [6, 6.07) is 7.92. The topological polar surface area (TPSA) is 46.6 Å². The lowest BCUT2D eigenvalue weighted by Gasteiger charge is -2.34. The summed E-state index contributed by atoms with van der Waals surface area (Å²) >= 11 is 14.8. The standard InChI is InChI=1S/C17H16BrClFN3O2S/c18-13-8-11(20)3-4-14(13)22-17(26)23-6-7-24-12(9-23)10-25-15-2-1-5-21-16(15)19/h1-5,8,12H,6-7,9-10H2,(H,22,26). The maximum atomic E-state index is 13.2. The highest BCUT2D eigenvalue weighted by atomic mass is 79.9. The zero-order chi connectivity index (χ0) is 18.5. The van der Waals surface area contributed by atoms with Crippen molar-refractivity contribution >= 4 is 50.5 Å². The van der Waals surface area contributed by atoms with Gasteiger partial charge in [0.05, 0.1) is 12.3 Å². The van der Waals surface area contributed by atoms with E-state index in [1.807, 2.05) is 4.90 Å². The number of nitrogens with one attached hydrogen (secondary N) is 1. The van der Waals surface area contributed by atoms with Crippen LogP contribution in [-0.4, -0.2) is 47.4 Å². The van der Waals surface area contributed by atoms with Crippen molar-refractivity contribution in [2.75, 3.05) is 31.6 Å². The van der Waals surface area contributed by atoms with E-state index in [0.717, 1.165) is 0 Å². The minimum absolute atomic E-state index is 0.156. The molecule has 1 N–H and O–H groups in total. The predicted octanol–water partition coefficient (Wildman–Crippen LogP) is 4.11. The molecular formula is C17H16BrClFN3O2S. The molecule has 1 aromatic heterocycles. The molecule has 1 aliphatic heterocycles. The Balaban J connectivity index is 1.55. The van der Waals surface area contributed by atoms with Crippen molar-refractivity contribution < 1.29 is 13.9 Å². The van der Waals surface area contributed by atoms with Crippen LogP contribution in [0.3, 0.4) is 0 Å². The lowest BCUT2D eigenvalue weighted by Crippen LogP contribution is -2.49. The average molecular weight is 461 g/mol. The van der Waals surface area contributed by atoms with Gasteiger partial charge in [0, 0.05) is 23.8 Å². The zero-order valence-corrected chi connectivity index (χ0v) is 16.8. The fourth-order valence-electron chi connectivity index (χ4n) is 2.45. The lowest BCUT2D eigenvalue weighted by atomic mass is 10.3. The lowest BCUT2D eigenvalue weighted by molar-refractivity contribution is -0.0280. The molecule has 0 amide bonds. The van der Waals surface area contributed by atoms with Gasteiger partial charge in [-0.1, -0.05) is 11.6 Å². The fourth-order valence-corrected chi connectivity index (χ4v) is 3.35. The van der Waals surface area contributed by atoms with Crippen LogP contribution in [0.4, 0.5) is 10.1 Å². The molecule has 9 heteroatoms. The van der Waals surface area contributed by atoms with E-state index in [4.69, 9.17) is 33.3 Å². The molecule has 1 saturated heterocycles. The minimum atomic E-state index is -0.314. The Morgan fingerprint density at radius 3 is 3.12 bits per heavy atom. The van der Waals surface area contributed by atoms with Gasteiger partial charge in [0.25, 0.3) is 0 Å². The van der Waals surface area contributed by atoms with Crippen LogP contribution < -0.4 is 10.1 Å². The van der Waals surface area contributed by atoms with E-state index in [1.54, 1.807) is 24.4 Å². The predicted molar refractivity (Wildman–Crippen MR) is 106 cm³/mol. The average Bonchev–Trinajstić information content (AvgIpc) is 2.63. The molecule has 2 aromatic rings. The number of pyridine rings is 1. The molecule has 1 aliphatic rings. The van der Waals surface area contributed by atoms with Gasteiger partial charge in [-0.25, -0.2) is 9.37 Å². The Kier molecular flexibility index (Phi) is 6.63. The first-order chi connectivity index (χ1) is 12.5. The van der Waals surface area contributed by atoms with Gasteiger partial charge in [-0.2, -0.15) is 0 Å². The van der Waals surface area contributed by atoms with E-state index in [0.29, 0.717) is 52.5 Å². The summed E-state index contributed by atoms with van der Waals surface area (Å²) in [7, 11) is 0. The highest BCUT2D eigenvalue weighted by Gasteiger charge is 2.23. The molecule has 1 fully saturated rings.